The molecule has 1 saturated carbocycles. The van der Waals surface area contributed by atoms with E-state index in [0.29, 0.717) is 22.4 Å². The lowest BCUT2D eigenvalue weighted by Crippen LogP contribution is -2.10. The second kappa shape index (κ2) is 9.50. The number of fused-ring (bicyclic) bond motifs is 2. The zero-order chi connectivity index (χ0) is 22.6. The Balaban J connectivity index is 0.000000324. The largest absolute Gasteiger partial charge is 0.456 e. The minimum absolute atomic E-state index is 0.325. The summed E-state index contributed by atoms with van der Waals surface area (Å²) in [6.07, 6.45) is 8.40. The second-order valence-corrected chi connectivity index (χ2v) is 8.49. The molecule has 1 aromatic heterocycles. The van der Waals surface area contributed by atoms with Gasteiger partial charge in [-0.05, 0) is 73.7 Å². The number of nitrogens with zero attached hydrogens (tertiary/aromatic N) is 2. The monoisotopic (exact) mass is 454 g/mol. The molecule has 1 aliphatic carbocycles. The molecule has 33 heavy (non-hydrogen) atoms. The van der Waals surface area contributed by atoms with Crippen LogP contribution in [-0.2, 0) is 0 Å². The van der Waals surface area contributed by atoms with E-state index in [9.17, 15) is 0 Å². The van der Waals surface area contributed by atoms with Crippen molar-refractivity contribution in [2.24, 2.45) is 5.92 Å². The average molecular weight is 455 g/mol. The highest BCUT2D eigenvalue weighted by atomic mass is 35.5. The summed E-state index contributed by atoms with van der Waals surface area (Å²) in [4.78, 5) is 8.74. The van der Waals surface area contributed by atoms with E-state index in [1.807, 2.05) is 66.7 Å². The summed E-state index contributed by atoms with van der Waals surface area (Å²) in [6.45, 7) is 1.29. The van der Waals surface area contributed by atoms with Gasteiger partial charge in [0.25, 0.3) is 0 Å². The Hall–Kier alpha value is -3.59. The lowest BCUT2D eigenvalue weighted by molar-refractivity contribution is 0.483. The van der Waals surface area contributed by atoms with Crippen molar-refractivity contribution in [2.45, 2.75) is 18.9 Å². The van der Waals surface area contributed by atoms with E-state index < -0.39 is 0 Å². The highest BCUT2D eigenvalue weighted by molar-refractivity contribution is 6.32. The highest BCUT2D eigenvalue weighted by Gasteiger charge is 2.40. The number of ether oxygens (including phenoxy) is 1. The molecule has 2 fully saturated rings. The Morgan fingerprint density at radius 1 is 1.03 bits per heavy atom. The molecule has 2 aliphatic rings. The normalized spacial score (nSPS) is 17.9. The van der Waals surface area contributed by atoms with E-state index in [1.54, 1.807) is 6.07 Å². The molecule has 5 nitrogen and oxygen atoms in total. The number of piperidine rings is 1. The van der Waals surface area contributed by atoms with Crippen LogP contribution in [0.3, 0.4) is 0 Å². The minimum Gasteiger partial charge on any atom is -0.456 e. The van der Waals surface area contributed by atoms with Crippen LogP contribution in [0, 0.1) is 18.3 Å². The predicted octanol–water partition coefficient (Wildman–Crippen LogP) is 6.17. The number of aromatic nitrogens is 2. The topological polar surface area (TPSA) is 59.1 Å². The molecule has 3 aromatic carbocycles. The molecular weight excluding hydrogens is 432 g/mol. The van der Waals surface area contributed by atoms with E-state index in [-0.39, 0.29) is 0 Å². The number of rotatable bonds is 4. The van der Waals surface area contributed by atoms with Gasteiger partial charge >= 0.3 is 0 Å². The maximum atomic E-state index is 6.39. The van der Waals surface area contributed by atoms with Crippen molar-refractivity contribution in [1.82, 2.24) is 15.3 Å². The third kappa shape index (κ3) is 5.09. The molecule has 6 rings (SSSR count). The van der Waals surface area contributed by atoms with Crippen LogP contribution in [-0.4, -0.2) is 22.6 Å². The van der Waals surface area contributed by atoms with E-state index in [1.165, 1.54) is 19.4 Å². The second-order valence-electron chi connectivity index (χ2n) is 8.09. The van der Waals surface area contributed by atoms with Crippen LogP contribution in [0.25, 0.3) is 10.9 Å². The third-order valence-corrected chi connectivity index (χ3v) is 6.04. The van der Waals surface area contributed by atoms with Gasteiger partial charge in [-0.25, -0.2) is 9.97 Å². The third-order valence-electron chi connectivity index (χ3n) is 5.74. The summed E-state index contributed by atoms with van der Waals surface area (Å²) in [7, 11) is 0. The van der Waals surface area contributed by atoms with Crippen molar-refractivity contribution in [3.8, 4) is 23.8 Å². The van der Waals surface area contributed by atoms with Crippen molar-refractivity contribution in [3.63, 3.8) is 0 Å². The van der Waals surface area contributed by atoms with Crippen LogP contribution >= 0.6 is 11.6 Å². The summed E-state index contributed by atoms with van der Waals surface area (Å²) in [6, 6.07) is 23.6. The summed E-state index contributed by atoms with van der Waals surface area (Å²) < 4.78 is 5.81. The van der Waals surface area contributed by atoms with E-state index >= 15 is 0 Å². The maximum Gasteiger partial charge on any atom is 0.207 e. The number of hydrogen-bond acceptors (Lipinski definition) is 5. The number of anilines is 2. The first-order chi connectivity index (χ1) is 16.2. The molecule has 0 radical (unpaired) electrons. The van der Waals surface area contributed by atoms with E-state index in [2.05, 4.69) is 26.5 Å². The zero-order valence-corrected chi connectivity index (χ0v) is 18.7. The van der Waals surface area contributed by atoms with Gasteiger partial charge in [-0.3, -0.25) is 0 Å². The quantitative estimate of drug-likeness (QED) is 0.361. The Morgan fingerprint density at radius 2 is 1.85 bits per heavy atom. The molecule has 2 unspecified atom stereocenters. The van der Waals surface area contributed by atoms with Crippen molar-refractivity contribution in [1.29, 1.82) is 0 Å². The van der Waals surface area contributed by atoms with Crippen LogP contribution in [0.15, 0.2) is 72.8 Å². The molecule has 2 N–H and O–H groups in total. The fourth-order valence-corrected chi connectivity index (χ4v) is 4.14. The van der Waals surface area contributed by atoms with Gasteiger partial charge in [0.2, 0.25) is 5.82 Å². The van der Waals surface area contributed by atoms with Crippen molar-refractivity contribution >= 4 is 34.0 Å². The highest BCUT2D eigenvalue weighted by Crippen LogP contribution is 2.37. The van der Waals surface area contributed by atoms with Crippen molar-refractivity contribution in [2.75, 3.05) is 11.9 Å². The average Bonchev–Trinajstić information content (AvgIpc) is 3.45. The predicted molar refractivity (Wildman–Crippen MR) is 133 cm³/mol. The molecule has 6 heteroatoms. The maximum absolute atomic E-state index is 6.39. The fraction of sp³-hybridized carbons (Fsp3) is 0.185. The molecule has 0 spiro atoms. The molecule has 2 heterocycles. The number of para-hydroxylation sites is 2. The van der Waals surface area contributed by atoms with Gasteiger partial charge in [-0.15, -0.1) is 6.42 Å². The molecule has 1 saturated heterocycles. The molecule has 0 amide bonds. The Bertz CT molecular complexity index is 1310. The van der Waals surface area contributed by atoms with Crippen LogP contribution < -0.4 is 15.4 Å². The molecule has 164 valence electrons. The van der Waals surface area contributed by atoms with Gasteiger partial charge in [0.1, 0.15) is 17.3 Å². The first kappa shape index (κ1) is 21.3. The molecular formula is C27H23ClN4O. The van der Waals surface area contributed by atoms with Gasteiger partial charge in [-0.1, -0.05) is 41.9 Å². The number of hydrogen-bond donors (Lipinski definition) is 2. The van der Waals surface area contributed by atoms with Gasteiger partial charge in [-0.2, -0.15) is 0 Å². The lowest BCUT2D eigenvalue weighted by Gasteiger charge is -2.12. The zero-order valence-electron chi connectivity index (χ0n) is 18.0. The lowest BCUT2D eigenvalue weighted by atomic mass is 10.2. The molecule has 0 bridgehead atoms. The van der Waals surface area contributed by atoms with Crippen molar-refractivity contribution in [3.05, 3.63) is 83.6 Å². The Labute approximate surface area is 198 Å². The first-order valence-electron chi connectivity index (χ1n) is 11.0. The minimum atomic E-state index is 0.325. The number of terminal acetylenes is 1. The number of nitrogens with one attached hydrogen (secondary N) is 2. The standard InChI is InChI=1S/C22H14ClN3O.C5H9N/c1-2-21-25-19-11-7-6-10-17(19)22(26-21)24-15-12-13-20(18(23)14-15)27-16-8-4-3-5-9-16;1-2-6-5-3-4(1)5/h1,3-14H,(H,24,25,26);4-6H,1-3H2. The Morgan fingerprint density at radius 3 is 2.52 bits per heavy atom. The smallest absolute Gasteiger partial charge is 0.207 e. The van der Waals surface area contributed by atoms with Crippen LogP contribution in [0.4, 0.5) is 11.5 Å². The number of halogens is 1. The molecule has 1 aliphatic heterocycles. The fourth-order valence-electron chi connectivity index (χ4n) is 3.92. The summed E-state index contributed by atoms with van der Waals surface area (Å²) in [5.41, 5.74) is 1.55. The van der Waals surface area contributed by atoms with Crippen LogP contribution in [0.1, 0.15) is 18.7 Å². The van der Waals surface area contributed by atoms with E-state index in [4.69, 9.17) is 22.8 Å². The van der Waals surface area contributed by atoms with Crippen LogP contribution in [0.5, 0.6) is 11.5 Å². The first-order valence-corrected chi connectivity index (χ1v) is 11.3. The van der Waals surface area contributed by atoms with Crippen molar-refractivity contribution < 1.29 is 4.74 Å². The summed E-state index contributed by atoms with van der Waals surface area (Å²) in [5.74, 6) is 5.84. The number of benzene rings is 3. The Kier molecular flexibility index (Phi) is 6.12. The molecule has 2 atom stereocenters. The summed E-state index contributed by atoms with van der Waals surface area (Å²) in [5, 5.41) is 8.02. The van der Waals surface area contributed by atoms with Crippen LogP contribution in [0.2, 0.25) is 5.02 Å². The van der Waals surface area contributed by atoms with Gasteiger partial charge in [0, 0.05) is 17.1 Å². The summed E-state index contributed by atoms with van der Waals surface area (Å²) >= 11 is 6.39. The van der Waals surface area contributed by atoms with Gasteiger partial charge in [0.15, 0.2) is 0 Å². The van der Waals surface area contributed by atoms with E-state index in [0.717, 1.165) is 34.3 Å². The van der Waals surface area contributed by atoms with Gasteiger partial charge < -0.3 is 15.4 Å². The SMILES string of the molecule is C#Cc1nc(Nc2ccc(Oc3ccccc3)c(Cl)c2)c2ccccc2n1.C1CC2CC2N1. The molecule has 4 aromatic rings. The van der Waals surface area contributed by atoms with Gasteiger partial charge in [0.05, 0.1) is 10.5 Å².